The van der Waals surface area contributed by atoms with Gasteiger partial charge in [-0.1, -0.05) is 26.8 Å². The minimum atomic E-state index is -0.885. The van der Waals surface area contributed by atoms with Crippen LogP contribution in [0.1, 0.15) is 45.6 Å². The molecular weight excluding hydrogens is 398 g/mol. The normalized spacial score (nSPS) is 26.7. The van der Waals surface area contributed by atoms with E-state index in [0.29, 0.717) is 50.7 Å². The average molecular weight is 430 g/mol. The number of rotatable bonds is 5. The van der Waals surface area contributed by atoms with Crippen LogP contribution >= 0.6 is 0 Å². The van der Waals surface area contributed by atoms with Crippen molar-refractivity contribution >= 4 is 17.8 Å². The predicted octanol–water partition coefficient (Wildman–Crippen LogP) is 2.25. The van der Waals surface area contributed by atoms with Gasteiger partial charge in [-0.2, -0.15) is 0 Å². The lowest BCUT2D eigenvalue weighted by Gasteiger charge is -2.43. The van der Waals surface area contributed by atoms with E-state index < -0.39 is 11.6 Å². The first-order valence-electron chi connectivity index (χ1n) is 11.0. The number of hydrogen-bond acceptors (Lipinski definition) is 5. The van der Waals surface area contributed by atoms with Crippen molar-refractivity contribution in [3.8, 4) is 11.5 Å². The molecule has 1 aliphatic carbocycles. The summed E-state index contributed by atoms with van der Waals surface area (Å²) in [7, 11) is 0. The first kappa shape index (κ1) is 21.5. The Balaban J connectivity index is 1.31. The van der Waals surface area contributed by atoms with E-state index in [1.165, 1.54) is 0 Å². The maximum Gasteiger partial charge on any atom is 0.325 e. The Kier molecular flexibility index (Phi) is 5.58. The monoisotopic (exact) mass is 429 g/mol. The molecule has 1 saturated carbocycles. The van der Waals surface area contributed by atoms with Crippen LogP contribution in [0, 0.1) is 11.3 Å². The summed E-state index contributed by atoms with van der Waals surface area (Å²) in [4.78, 5) is 39.2. The quantitative estimate of drug-likeness (QED) is 0.700. The fraction of sp³-hybridized carbons (Fsp3) is 0.609. The zero-order chi connectivity index (χ0) is 22.2. The SMILES string of the molecule is C[C@@H]1CC(C)(C)C[C@]2(C1)NC(=O)N(CC(=O)NCCc1ccc3c(c1)OCCO3)C2=O. The summed E-state index contributed by atoms with van der Waals surface area (Å²) >= 11 is 0. The highest BCUT2D eigenvalue weighted by atomic mass is 16.6. The van der Waals surface area contributed by atoms with Gasteiger partial charge in [0.25, 0.3) is 5.91 Å². The van der Waals surface area contributed by atoms with Crippen molar-refractivity contribution in [2.75, 3.05) is 26.3 Å². The number of carbonyl (C=O) groups is 3. The molecule has 2 N–H and O–H groups in total. The van der Waals surface area contributed by atoms with Crippen molar-refractivity contribution < 1.29 is 23.9 Å². The van der Waals surface area contributed by atoms with Gasteiger partial charge < -0.3 is 20.1 Å². The van der Waals surface area contributed by atoms with Gasteiger partial charge in [-0.3, -0.25) is 14.5 Å². The van der Waals surface area contributed by atoms with E-state index >= 15 is 0 Å². The molecule has 2 fully saturated rings. The third-order valence-corrected chi connectivity index (χ3v) is 6.27. The van der Waals surface area contributed by atoms with E-state index in [1.54, 1.807) is 0 Å². The maximum atomic E-state index is 13.1. The molecule has 0 bridgehead atoms. The number of benzene rings is 1. The van der Waals surface area contributed by atoms with Crippen molar-refractivity contribution in [1.29, 1.82) is 0 Å². The van der Waals surface area contributed by atoms with Crippen LogP contribution in [0.3, 0.4) is 0 Å². The van der Waals surface area contributed by atoms with Crippen LogP contribution in [-0.4, -0.2) is 54.6 Å². The Morgan fingerprint density at radius 2 is 1.94 bits per heavy atom. The Morgan fingerprint density at radius 3 is 2.68 bits per heavy atom. The second-order valence-electron chi connectivity index (χ2n) is 9.84. The van der Waals surface area contributed by atoms with Crippen LogP contribution in [-0.2, 0) is 16.0 Å². The Bertz CT molecular complexity index is 899. The van der Waals surface area contributed by atoms with Crippen LogP contribution in [0.5, 0.6) is 11.5 Å². The minimum Gasteiger partial charge on any atom is -0.486 e. The number of nitrogens with one attached hydrogen (secondary N) is 2. The topological polar surface area (TPSA) is 97.0 Å². The highest BCUT2D eigenvalue weighted by Crippen LogP contribution is 2.46. The van der Waals surface area contributed by atoms with Crippen molar-refractivity contribution in [3.63, 3.8) is 0 Å². The van der Waals surface area contributed by atoms with Crippen LogP contribution in [0.15, 0.2) is 18.2 Å². The van der Waals surface area contributed by atoms with Gasteiger partial charge in [0.15, 0.2) is 11.5 Å². The standard InChI is InChI=1S/C23H31N3O5/c1-15-11-22(2,3)14-23(12-15)20(28)26(21(29)25-23)13-19(27)24-7-6-16-4-5-17-18(10-16)31-9-8-30-17/h4-5,10,15H,6-9,11-14H2,1-3H3,(H,24,27)(H,25,29)/t15-,23+/m1/s1. The van der Waals surface area contributed by atoms with E-state index in [2.05, 4.69) is 31.4 Å². The van der Waals surface area contributed by atoms with Crippen molar-refractivity contribution in [2.45, 2.75) is 52.0 Å². The lowest BCUT2D eigenvalue weighted by molar-refractivity contribution is -0.137. The summed E-state index contributed by atoms with van der Waals surface area (Å²) < 4.78 is 11.1. The molecule has 168 valence electrons. The number of hydrogen-bond donors (Lipinski definition) is 2. The van der Waals surface area contributed by atoms with Crippen molar-refractivity contribution in [1.82, 2.24) is 15.5 Å². The molecule has 0 unspecified atom stereocenters. The summed E-state index contributed by atoms with van der Waals surface area (Å²) in [5, 5.41) is 5.71. The molecule has 2 aliphatic heterocycles. The third-order valence-electron chi connectivity index (χ3n) is 6.27. The molecule has 4 amide bonds. The number of imide groups is 1. The predicted molar refractivity (Wildman–Crippen MR) is 114 cm³/mol. The fourth-order valence-electron chi connectivity index (χ4n) is 5.44. The van der Waals surface area contributed by atoms with Crippen LogP contribution in [0.2, 0.25) is 0 Å². The number of urea groups is 1. The van der Waals surface area contributed by atoms with Gasteiger partial charge in [0.2, 0.25) is 5.91 Å². The van der Waals surface area contributed by atoms with E-state index in [4.69, 9.17) is 9.47 Å². The summed E-state index contributed by atoms with van der Waals surface area (Å²) in [6.07, 6.45) is 2.83. The van der Waals surface area contributed by atoms with Crippen molar-refractivity contribution in [3.05, 3.63) is 23.8 Å². The molecule has 1 saturated heterocycles. The zero-order valence-corrected chi connectivity index (χ0v) is 18.5. The average Bonchev–Trinajstić information content (AvgIpc) is 2.89. The molecule has 3 aliphatic rings. The largest absolute Gasteiger partial charge is 0.486 e. The van der Waals surface area contributed by atoms with Gasteiger partial charge in [0.05, 0.1) is 0 Å². The van der Waals surface area contributed by atoms with E-state index in [9.17, 15) is 14.4 Å². The Hall–Kier alpha value is -2.77. The molecule has 4 rings (SSSR count). The molecule has 8 heteroatoms. The Labute approximate surface area is 182 Å². The van der Waals surface area contributed by atoms with E-state index in [0.717, 1.165) is 22.6 Å². The first-order chi connectivity index (χ1) is 14.7. The first-order valence-corrected chi connectivity index (χ1v) is 11.0. The number of ether oxygens (including phenoxy) is 2. The number of amides is 4. The van der Waals surface area contributed by atoms with Gasteiger partial charge in [-0.05, 0) is 54.7 Å². The summed E-state index contributed by atoms with van der Waals surface area (Å²) in [5.74, 6) is 1.14. The van der Waals surface area contributed by atoms with Gasteiger partial charge in [0, 0.05) is 6.54 Å². The lowest BCUT2D eigenvalue weighted by Crippen LogP contribution is -2.54. The molecule has 0 radical (unpaired) electrons. The van der Waals surface area contributed by atoms with Gasteiger partial charge >= 0.3 is 6.03 Å². The summed E-state index contributed by atoms with van der Waals surface area (Å²) in [5.41, 5.74) is 0.0867. The lowest BCUT2D eigenvalue weighted by atomic mass is 9.64. The Morgan fingerprint density at radius 1 is 1.19 bits per heavy atom. The summed E-state index contributed by atoms with van der Waals surface area (Å²) in [6, 6.07) is 5.24. The van der Waals surface area contributed by atoms with Crippen LogP contribution < -0.4 is 20.1 Å². The number of fused-ring (bicyclic) bond motifs is 1. The highest BCUT2D eigenvalue weighted by Gasteiger charge is 2.56. The third kappa shape index (κ3) is 4.48. The maximum absolute atomic E-state index is 13.1. The molecule has 31 heavy (non-hydrogen) atoms. The smallest absolute Gasteiger partial charge is 0.325 e. The zero-order valence-electron chi connectivity index (χ0n) is 18.5. The van der Waals surface area contributed by atoms with Crippen LogP contribution in [0.4, 0.5) is 4.79 Å². The van der Waals surface area contributed by atoms with Crippen LogP contribution in [0.25, 0.3) is 0 Å². The van der Waals surface area contributed by atoms with E-state index in [1.807, 2.05) is 18.2 Å². The molecule has 2 atom stereocenters. The fourth-order valence-corrected chi connectivity index (χ4v) is 5.44. The molecule has 1 spiro atoms. The van der Waals surface area contributed by atoms with E-state index in [-0.39, 0.29) is 23.8 Å². The van der Waals surface area contributed by atoms with Gasteiger partial charge in [-0.15, -0.1) is 0 Å². The highest BCUT2D eigenvalue weighted by molar-refractivity contribution is 6.09. The minimum absolute atomic E-state index is 0.0392. The number of carbonyl (C=O) groups excluding carboxylic acids is 3. The second-order valence-corrected chi connectivity index (χ2v) is 9.84. The summed E-state index contributed by atoms with van der Waals surface area (Å²) in [6.45, 7) is 7.56. The second kappa shape index (κ2) is 8.05. The van der Waals surface area contributed by atoms with Gasteiger partial charge in [0.1, 0.15) is 25.3 Å². The molecule has 0 aromatic heterocycles. The molecule has 1 aromatic rings. The van der Waals surface area contributed by atoms with Gasteiger partial charge in [-0.25, -0.2) is 4.79 Å². The van der Waals surface area contributed by atoms with Crippen molar-refractivity contribution in [2.24, 2.45) is 11.3 Å². The molecule has 1 aromatic carbocycles. The molecule has 8 nitrogen and oxygen atoms in total. The molecular formula is C23H31N3O5. The molecule has 2 heterocycles. The number of nitrogens with zero attached hydrogens (tertiary/aromatic N) is 1.